The van der Waals surface area contributed by atoms with Crippen LogP contribution in [0.1, 0.15) is 18.1 Å². The van der Waals surface area contributed by atoms with E-state index in [1.807, 2.05) is 31.2 Å². The minimum absolute atomic E-state index is 0.359. The Morgan fingerprint density at radius 1 is 1.38 bits per heavy atom. The van der Waals surface area contributed by atoms with Crippen molar-refractivity contribution in [3.8, 4) is 0 Å². The molecule has 0 radical (unpaired) electrons. The zero-order valence-corrected chi connectivity index (χ0v) is 7.70. The molecular formula is C10H13BO2. The molecule has 0 spiro atoms. The van der Waals surface area contributed by atoms with Crippen molar-refractivity contribution in [2.45, 2.75) is 13.3 Å². The lowest BCUT2D eigenvalue weighted by Crippen LogP contribution is -2.14. The summed E-state index contributed by atoms with van der Waals surface area (Å²) in [5.74, 6) is 0. The summed E-state index contributed by atoms with van der Waals surface area (Å²) in [7, 11) is -1.47. The van der Waals surface area contributed by atoms with Gasteiger partial charge in [0, 0.05) is 0 Å². The van der Waals surface area contributed by atoms with E-state index in [1.165, 1.54) is 0 Å². The van der Waals surface area contributed by atoms with E-state index >= 15 is 0 Å². The van der Waals surface area contributed by atoms with E-state index < -0.39 is 7.12 Å². The molecule has 2 nitrogen and oxygen atoms in total. The normalized spacial score (nSPS) is 9.77. The van der Waals surface area contributed by atoms with Crippen LogP contribution in [0.25, 0.3) is 5.47 Å². The van der Waals surface area contributed by atoms with Crippen LogP contribution in [-0.4, -0.2) is 17.2 Å². The van der Waals surface area contributed by atoms with Crippen LogP contribution in [0.3, 0.4) is 0 Å². The van der Waals surface area contributed by atoms with Crippen molar-refractivity contribution in [3.63, 3.8) is 0 Å². The lowest BCUT2D eigenvalue weighted by atomic mass is 9.74. The molecule has 13 heavy (non-hydrogen) atoms. The molecule has 0 aliphatic carbocycles. The molecule has 0 heterocycles. The van der Waals surface area contributed by atoms with Crippen molar-refractivity contribution in [1.82, 2.24) is 0 Å². The van der Waals surface area contributed by atoms with Crippen LogP contribution in [0.2, 0.25) is 0 Å². The monoisotopic (exact) mass is 176 g/mol. The smallest absolute Gasteiger partial charge is 0.423 e. The largest absolute Gasteiger partial charge is 0.488 e. The Morgan fingerprint density at radius 2 is 2.00 bits per heavy atom. The standard InChI is InChI=1S/C10H13BO2/c1-3-9-6-4-5-7-10(9)8(2)11(12)13/h4-7,12-13H,2-3H2,1H3. The summed E-state index contributed by atoms with van der Waals surface area (Å²) in [5.41, 5.74) is 2.28. The second-order valence-electron chi connectivity index (χ2n) is 2.91. The fraction of sp³-hybridized carbons (Fsp3) is 0.200. The van der Waals surface area contributed by atoms with Crippen LogP contribution in [0.5, 0.6) is 0 Å². The van der Waals surface area contributed by atoms with Gasteiger partial charge >= 0.3 is 7.12 Å². The molecule has 0 amide bonds. The summed E-state index contributed by atoms with van der Waals surface area (Å²) in [6.07, 6.45) is 0.863. The van der Waals surface area contributed by atoms with E-state index in [4.69, 9.17) is 10.0 Å². The maximum atomic E-state index is 8.95. The van der Waals surface area contributed by atoms with Crippen LogP contribution in [-0.2, 0) is 6.42 Å². The van der Waals surface area contributed by atoms with Crippen LogP contribution in [0.4, 0.5) is 0 Å². The average molecular weight is 176 g/mol. The van der Waals surface area contributed by atoms with Crippen molar-refractivity contribution < 1.29 is 10.0 Å². The molecule has 0 atom stereocenters. The molecule has 0 aliphatic rings. The van der Waals surface area contributed by atoms with Gasteiger partial charge < -0.3 is 10.0 Å². The molecule has 1 rings (SSSR count). The van der Waals surface area contributed by atoms with Crippen LogP contribution in [0.15, 0.2) is 30.8 Å². The van der Waals surface area contributed by atoms with Gasteiger partial charge in [-0.25, -0.2) is 0 Å². The first-order valence-corrected chi connectivity index (χ1v) is 4.30. The Labute approximate surface area is 78.7 Å². The Bertz CT molecular complexity index is 308. The third-order valence-electron chi connectivity index (χ3n) is 2.06. The number of rotatable bonds is 3. The van der Waals surface area contributed by atoms with Gasteiger partial charge in [-0.15, -0.1) is 0 Å². The van der Waals surface area contributed by atoms with Crippen LogP contribution in [0, 0.1) is 0 Å². The van der Waals surface area contributed by atoms with Crippen molar-refractivity contribution in [2.75, 3.05) is 0 Å². The Balaban J connectivity index is 3.06. The Morgan fingerprint density at radius 3 is 2.54 bits per heavy atom. The highest BCUT2D eigenvalue weighted by Gasteiger charge is 2.15. The SMILES string of the molecule is C=C(B(O)O)c1ccccc1CC. The van der Waals surface area contributed by atoms with Gasteiger partial charge in [-0.3, -0.25) is 0 Å². The summed E-state index contributed by atoms with van der Waals surface area (Å²) in [5, 5.41) is 17.9. The lowest BCUT2D eigenvalue weighted by molar-refractivity contribution is 0.427. The first-order chi connectivity index (χ1) is 6.16. The first-order valence-electron chi connectivity index (χ1n) is 4.30. The lowest BCUT2D eigenvalue weighted by Gasteiger charge is -2.09. The van der Waals surface area contributed by atoms with E-state index in [9.17, 15) is 0 Å². The molecule has 0 fully saturated rings. The predicted molar refractivity (Wildman–Crippen MR) is 55.0 cm³/mol. The highest BCUT2D eigenvalue weighted by Crippen LogP contribution is 2.18. The fourth-order valence-corrected chi connectivity index (χ4v) is 1.28. The fourth-order valence-electron chi connectivity index (χ4n) is 1.28. The molecule has 68 valence electrons. The van der Waals surface area contributed by atoms with Gasteiger partial charge in [0.1, 0.15) is 0 Å². The average Bonchev–Trinajstić information content (AvgIpc) is 2.16. The molecule has 0 saturated heterocycles. The summed E-state index contributed by atoms with van der Waals surface area (Å²) in [6, 6.07) is 7.60. The second kappa shape index (κ2) is 4.26. The van der Waals surface area contributed by atoms with Crippen LogP contribution >= 0.6 is 0 Å². The van der Waals surface area contributed by atoms with Gasteiger partial charge in [-0.2, -0.15) is 0 Å². The summed E-state index contributed by atoms with van der Waals surface area (Å²) < 4.78 is 0. The van der Waals surface area contributed by atoms with Crippen LogP contribution < -0.4 is 0 Å². The molecular weight excluding hydrogens is 163 g/mol. The number of benzene rings is 1. The minimum atomic E-state index is -1.47. The molecule has 0 bridgehead atoms. The molecule has 0 unspecified atom stereocenters. The summed E-state index contributed by atoms with van der Waals surface area (Å²) >= 11 is 0. The van der Waals surface area contributed by atoms with Crippen molar-refractivity contribution >= 4 is 12.6 Å². The van der Waals surface area contributed by atoms with E-state index in [0.717, 1.165) is 17.5 Å². The first kappa shape index (κ1) is 10.0. The molecule has 1 aromatic rings. The van der Waals surface area contributed by atoms with Gasteiger partial charge in [-0.1, -0.05) is 37.8 Å². The van der Waals surface area contributed by atoms with E-state index in [-0.39, 0.29) is 0 Å². The Hall–Kier alpha value is -1.06. The third-order valence-corrected chi connectivity index (χ3v) is 2.06. The molecule has 0 saturated carbocycles. The molecule has 2 N–H and O–H groups in total. The van der Waals surface area contributed by atoms with Gasteiger partial charge in [0.2, 0.25) is 0 Å². The highest BCUT2D eigenvalue weighted by molar-refractivity contribution is 6.65. The van der Waals surface area contributed by atoms with Gasteiger partial charge in [-0.05, 0) is 23.0 Å². The number of hydrogen-bond acceptors (Lipinski definition) is 2. The summed E-state index contributed by atoms with van der Waals surface area (Å²) in [4.78, 5) is 0. The Kier molecular flexibility index (Phi) is 3.28. The second-order valence-corrected chi connectivity index (χ2v) is 2.91. The quantitative estimate of drug-likeness (QED) is 0.681. The number of hydrogen-bond donors (Lipinski definition) is 2. The van der Waals surface area contributed by atoms with Gasteiger partial charge in [0.25, 0.3) is 0 Å². The van der Waals surface area contributed by atoms with E-state index in [0.29, 0.717) is 5.47 Å². The van der Waals surface area contributed by atoms with Gasteiger partial charge in [0.05, 0.1) is 0 Å². The number of aryl methyl sites for hydroxylation is 1. The highest BCUT2D eigenvalue weighted by atomic mass is 16.4. The maximum Gasteiger partial charge on any atom is 0.488 e. The van der Waals surface area contributed by atoms with Crippen molar-refractivity contribution in [3.05, 3.63) is 42.0 Å². The molecule has 0 aliphatic heterocycles. The predicted octanol–water partition coefficient (Wildman–Crippen LogP) is 1.27. The minimum Gasteiger partial charge on any atom is -0.423 e. The third kappa shape index (κ3) is 2.20. The van der Waals surface area contributed by atoms with Crippen molar-refractivity contribution in [1.29, 1.82) is 0 Å². The molecule has 0 aromatic heterocycles. The van der Waals surface area contributed by atoms with E-state index in [1.54, 1.807) is 0 Å². The molecule has 1 aromatic carbocycles. The summed E-state index contributed by atoms with van der Waals surface area (Å²) in [6.45, 7) is 5.66. The zero-order chi connectivity index (χ0) is 9.84. The maximum absolute atomic E-state index is 8.95. The zero-order valence-electron chi connectivity index (χ0n) is 7.70. The van der Waals surface area contributed by atoms with E-state index in [2.05, 4.69) is 6.58 Å². The van der Waals surface area contributed by atoms with Gasteiger partial charge in [0.15, 0.2) is 0 Å². The van der Waals surface area contributed by atoms with Crippen molar-refractivity contribution in [2.24, 2.45) is 0 Å². The molecule has 3 heteroatoms. The topological polar surface area (TPSA) is 40.5 Å².